The summed E-state index contributed by atoms with van der Waals surface area (Å²) < 4.78 is 5.63. The van der Waals surface area contributed by atoms with Crippen LogP contribution >= 0.6 is 0 Å². The van der Waals surface area contributed by atoms with E-state index in [9.17, 15) is 0 Å². The number of anilines is 2. The Balaban J connectivity index is 2.16. The largest absolute Gasteiger partial charge is 0.494 e. The number of fused-ring (bicyclic) bond motifs is 1. The topological polar surface area (TPSA) is 99.9 Å². The molecule has 3 aromatic rings. The second kappa shape index (κ2) is 6.70. The van der Waals surface area contributed by atoms with E-state index >= 15 is 0 Å². The number of methoxy groups -OCH3 is 1. The van der Waals surface area contributed by atoms with Gasteiger partial charge in [0.2, 0.25) is 5.95 Å². The summed E-state index contributed by atoms with van der Waals surface area (Å²) in [5.41, 5.74) is 15.6. The first-order valence-corrected chi connectivity index (χ1v) is 7.94. The van der Waals surface area contributed by atoms with Gasteiger partial charge < -0.3 is 16.2 Å². The van der Waals surface area contributed by atoms with Gasteiger partial charge in [0, 0.05) is 29.8 Å². The number of hydrogen-bond acceptors (Lipinski definition) is 6. The number of pyridine rings is 1. The van der Waals surface area contributed by atoms with Crippen molar-refractivity contribution in [2.75, 3.05) is 18.6 Å². The van der Waals surface area contributed by atoms with Gasteiger partial charge >= 0.3 is 0 Å². The molecule has 1 aromatic carbocycles. The van der Waals surface area contributed by atoms with E-state index in [0.29, 0.717) is 12.2 Å². The van der Waals surface area contributed by atoms with Crippen molar-refractivity contribution >= 4 is 22.7 Å². The highest BCUT2D eigenvalue weighted by atomic mass is 16.5. The average molecular weight is 323 g/mol. The van der Waals surface area contributed by atoms with Gasteiger partial charge in [0.1, 0.15) is 17.1 Å². The van der Waals surface area contributed by atoms with Crippen molar-refractivity contribution in [3.63, 3.8) is 0 Å². The molecule has 0 aliphatic rings. The number of ether oxygens (including phenoxy) is 1. The van der Waals surface area contributed by atoms with Crippen molar-refractivity contribution in [2.45, 2.75) is 26.2 Å². The molecule has 124 valence electrons. The quantitative estimate of drug-likeness (QED) is 0.749. The van der Waals surface area contributed by atoms with Crippen LogP contribution in [0.15, 0.2) is 30.6 Å². The Hall–Kier alpha value is -2.89. The molecule has 0 saturated heterocycles. The van der Waals surface area contributed by atoms with Gasteiger partial charge in [-0.25, -0.2) is 4.98 Å². The molecule has 24 heavy (non-hydrogen) atoms. The number of benzene rings is 1. The standard InChI is InChI=1S/C18H21N5O/c1-3-5-11-8-12(9-13-10-22-18(20)23-17(13)19)14-6-4-7-21-15(14)16(11)24-2/h4,6-8,10H,3,5,9H2,1-2H3,(H4,19,20,22,23). The van der Waals surface area contributed by atoms with Crippen LogP contribution < -0.4 is 16.2 Å². The zero-order valence-electron chi connectivity index (χ0n) is 13.9. The molecule has 0 amide bonds. The predicted molar refractivity (Wildman–Crippen MR) is 96.0 cm³/mol. The Kier molecular flexibility index (Phi) is 4.46. The summed E-state index contributed by atoms with van der Waals surface area (Å²) in [6.07, 6.45) is 6.04. The molecular formula is C18H21N5O. The predicted octanol–water partition coefficient (Wildman–Crippen LogP) is 2.74. The molecule has 0 aliphatic heterocycles. The number of aromatic nitrogens is 3. The maximum Gasteiger partial charge on any atom is 0.221 e. The van der Waals surface area contributed by atoms with Crippen LogP contribution in [0.5, 0.6) is 5.75 Å². The third kappa shape index (κ3) is 2.95. The lowest BCUT2D eigenvalue weighted by Crippen LogP contribution is -2.05. The average Bonchev–Trinajstić information content (AvgIpc) is 2.58. The van der Waals surface area contributed by atoms with Crippen LogP contribution in [-0.2, 0) is 12.8 Å². The first-order chi connectivity index (χ1) is 11.6. The van der Waals surface area contributed by atoms with E-state index in [1.165, 1.54) is 0 Å². The van der Waals surface area contributed by atoms with Crippen molar-refractivity contribution in [2.24, 2.45) is 0 Å². The Morgan fingerprint density at radius 3 is 2.67 bits per heavy atom. The summed E-state index contributed by atoms with van der Waals surface area (Å²) in [5.74, 6) is 1.44. The summed E-state index contributed by atoms with van der Waals surface area (Å²) in [4.78, 5) is 12.6. The minimum Gasteiger partial charge on any atom is -0.494 e. The molecule has 0 spiro atoms. The highest BCUT2D eigenvalue weighted by Crippen LogP contribution is 2.33. The lowest BCUT2D eigenvalue weighted by atomic mass is 9.96. The number of hydrogen-bond donors (Lipinski definition) is 2. The zero-order chi connectivity index (χ0) is 17.1. The van der Waals surface area contributed by atoms with Gasteiger partial charge in [0.05, 0.1) is 7.11 Å². The molecule has 6 nitrogen and oxygen atoms in total. The lowest BCUT2D eigenvalue weighted by molar-refractivity contribution is 0.413. The Bertz CT molecular complexity index is 879. The molecule has 3 rings (SSSR count). The Labute approximate surface area is 140 Å². The minimum atomic E-state index is 0.184. The monoisotopic (exact) mass is 323 g/mol. The highest BCUT2D eigenvalue weighted by Gasteiger charge is 2.15. The van der Waals surface area contributed by atoms with Crippen LogP contribution in [0.3, 0.4) is 0 Å². The van der Waals surface area contributed by atoms with Gasteiger partial charge in [-0.3, -0.25) is 4.98 Å². The fourth-order valence-corrected chi connectivity index (χ4v) is 2.96. The molecule has 0 fully saturated rings. The summed E-state index contributed by atoms with van der Waals surface area (Å²) in [5, 5.41) is 1.05. The second-order valence-electron chi connectivity index (χ2n) is 5.69. The van der Waals surface area contributed by atoms with Crippen molar-refractivity contribution < 1.29 is 4.74 Å². The Morgan fingerprint density at radius 1 is 1.12 bits per heavy atom. The van der Waals surface area contributed by atoms with E-state index < -0.39 is 0 Å². The third-order valence-corrected chi connectivity index (χ3v) is 4.03. The van der Waals surface area contributed by atoms with Crippen LogP contribution in [-0.4, -0.2) is 22.1 Å². The van der Waals surface area contributed by atoms with E-state index in [1.54, 1.807) is 19.5 Å². The summed E-state index contributed by atoms with van der Waals surface area (Å²) in [6.45, 7) is 2.15. The molecule has 4 N–H and O–H groups in total. The first kappa shape index (κ1) is 16.0. The maximum atomic E-state index is 5.99. The minimum absolute atomic E-state index is 0.184. The van der Waals surface area contributed by atoms with E-state index in [0.717, 1.165) is 46.2 Å². The molecular weight excluding hydrogens is 302 g/mol. The molecule has 0 saturated carbocycles. The SMILES string of the molecule is CCCc1cc(Cc2cnc(N)nc2N)c2cccnc2c1OC. The number of aryl methyl sites for hydroxylation is 1. The molecule has 2 heterocycles. The first-order valence-electron chi connectivity index (χ1n) is 7.94. The fourth-order valence-electron chi connectivity index (χ4n) is 2.96. The molecule has 0 aliphatic carbocycles. The smallest absolute Gasteiger partial charge is 0.221 e. The molecule has 2 aromatic heterocycles. The molecule has 6 heteroatoms. The van der Waals surface area contributed by atoms with Gasteiger partial charge in [0.25, 0.3) is 0 Å². The van der Waals surface area contributed by atoms with Crippen LogP contribution in [0.2, 0.25) is 0 Å². The summed E-state index contributed by atoms with van der Waals surface area (Å²) in [7, 11) is 1.69. The van der Waals surface area contributed by atoms with Crippen molar-refractivity contribution in [1.82, 2.24) is 15.0 Å². The number of nitrogen functional groups attached to an aromatic ring is 2. The van der Waals surface area contributed by atoms with E-state index in [4.69, 9.17) is 16.2 Å². The van der Waals surface area contributed by atoms with Crippen LogP contribution in [0, 0.1) is 0 Å². The highest BCUT2D eigenvalue weighted by molar-refractivity contribution is 5.89. The third-order valence-electron chi connectivity index (χ3n) is 4.03. The summed E-state index contributed by atoms with van der Waals surface area (Å²) in [6, 6.07) is 6.14. The van der Waals surface area contributed by atoms with Crippen molar-refractivity contribution in [3.05, 3.63) is 47.3 Å². The van der Waals surface area contributed by atoms with Crippen LogP contribution in [0.1, 0.15) is 30.0 Å². The Morgan fingerprint density at radius 2 is 1.96 bits per heavy atom. The zero-order valence-corrected chi connectivity index (χ0v) is 13.9. The number of nitrogens with zero attached hydrogens (tertiary/aromatic N) is 3. The number of nitrogens with two attached hydrogens (primary N) is 2. The van der Waals surface area contributed by atoms with Gasteiger partial charge in [-0.1, -0.05) is 25.5 Å². The van der Waals surface area contributed by atoms with Crippen molar-refractivity contribution in [1.29, 1.82) is 0 Å². The molecule has 0 atom stereocenters. The molecule has 0 bridgehead atoms. The van der Waals surface area contributed by atoms with Crippen LogP contribution in [0.4, 0.5) is 11.8 Å². The summed E-state index contributed by atoms with van der Waals surface area (Å²) >= 11 is 0. The fraction of sp³-hybridized carbons (Fsp3) is 0.278. The van der Waals surface area contributed by atoms with Gasteiger partial charge in [-0.15, -0.1) is 0 Å². The maximum absolute atomic E-state index is 5.99. The molecule has 0 radical (unpaired) electrons. The lowest BCUT2D eigenvalue weighted by Gasteiger charge is -2.15. The van der Waals surface area contributed by atoms with E-state index in [2.05, 4.69) is 27.9 Å². The second-order valence-corrected chi connectivity index (χ2v) is 5.69. The molecule has 0 unspecified atom stereocenters. The van der Waals surface area contributed by atoms with E-state index in [-0.39, 0.29) is 5.95 Å². The number of rotatable bonds is 5. The normalized spacial score (nSPS) is 10.9. The van der Waals surface area contributed by atoms with Gasteiger partial charge in [-0.05, 0) is 23.6 Å². The van der Waals surface area contributed by atoms with Gasteiger partial charge in [0.15, 0.2) is 0 Å². The van der Waals surface area contributed by atoms with E-state index in [1.807, 2.05) is 12.1 Å². The van der Waals surface area contributed by atoms with Crippen LogP contribution in [0.25, 0.3) is 10.9 Å². The van der Waals surface area contributed by atoms with Crippen molar-refractivity contribution in [3.8, 4) is 5.75 Å². The van der Waals surface area contributed by atoms with Gasteiger partial charge in [-0.2, -0.15) is 4.98 Å².